The fourth-order valence-electron chi connectivity index (χ4n) is 3.39. The first-order valence-electron chi connectivity index (χ1n) is 7.73. The second-order valence-corrected chi connectivity index (χ2v) is 5.98. The van der Waals surface area contributed by atoms with Crippen LogP contribution in [0.5, 0.6) is 0 Å². The predicted octanol–water partition coefficient (Wildman–Crippen LogP) is 0.944. The molecular formula is C15H23N3O3. The Morgan fingerprint density at radius 3 is 2.62 bits per heavy atom. The fraction of sp³-hybridized carbons (Fsp3) is 0.733. The molecule has 1 aromatic rings. The van der Waals surface area contributed by atoms with Crippen LogP contribution >= 0.6 is 0 Å². The van der Waals surface area contributed by atoms with Gasteiger partial charge in [0.2, 0.25) is 0 Å². The lowest BCUT2D eigenvalue weighted by molar-refractivity contribution is 0.0818. The molecule has 1 aliphatic carbocycles. The number of methoxy groups -OCH3 is 1. The van der Waals surface area contributed by atoms with E-state index in [0.29, 0.717) is 6.10 Å². The second kappa shape index (κ2) is 6.15. The number of hydrogen-bond donors (Lipinski definition) is 1. The van der Waals surface area contributed by atoms with Crippen molar-refractivity contribution in [3.8, 4) is 0 Å². The molecule has 116 valence electrons. The summed E-state index contributed by atoms with van der Waals surface area (Å²) in [6.07, 6.45) is 6.10. The van der Waals surface area contributed by atoms with Crippen LogP contribution in [0.4, 0.5) is 5.69 Å². The average Bonchev–Trinajstić information content (AvgIpc) is 2.93. The van der Waals surface area contributed by atoms with Crippen molar-refractivity contribution in [1.82, 2.24) is 9.78 Å². The lowest BCUT2D eigenvalue weighted by atomic mass is 10.1. The number of aromatic nitrogens is 2. The Kier molecular flexibility index (Phi) is 4.26. The Balaban J connectivity index is 1.74. The summed E-state index contributed by atoms with van der Waals surface area (Å²) in [7, 11) is 1.75. The summed E-state index contributed by atoms with van der Waals surface area (Å²) in [6.45, 7) is 1.77. The lowest BCUT2D eigenvalue weighted by Crippen LogP contribution is -2.38. The molecule has 1 N–H and O–H groups in total. The molecule has 1 saturated heterocycles. The summed E-state index contributed by atoms with van der Waals surface area (Å²) < 4.78 is 6.81. The van der Waals surface area contributed by atoms with Crippen molar-refractivity contribution in [1.29, 1.82) is 0 Å². The van der Waals surface area contributed by atoms with Crippen molar-refractivity contribution >= 4 is 5.69 Å². The molecule has 21 heavy (non-hydrogen) atoms. The molecule has 1 saturated carbocycles. The van der Waals surface area contributed by atoms with Crippen LogP contribution in [0.1, 0.15) is 38.1 Å². The van der Waals surface area contributed by atoms with Crippen LogP contribution in [0.3, 0.4) is 0 Å². The summed E-state index contributed by atoms with van der Waals surface area (Å²) in [5, 5.41) is 14.2. The van der Waals surface area contributed by atoms with Crippen molar-refractivity contribution in [3.05, 3.63) is 22.6 Å². The number of rotatable bonds is 3. The molecule has 6 nitrogen and oxygen atoms in total. The van der Waals surface area contributed by atoms with Crippen LogP contribution < -0.4 is 10.5 Å². The number of anilines is 1. The molecule has 2 heterocycles. The number of aliphatic hydroxyl groups is 1. The van der Waals surface area contributed by atoms with Crippen molar-refractivity contribution < 1.29 is 9.84 Å². The molecule has 0 spiro atoms. The van der Waals surface area contributed by atoms with Crippen molar-refractivity contribution in [2.24, 2.45) is 0 Å². The highest BCUT2D eigenvalue weighted by Gasteiger charge is 2.28. The van der Waals surface area contributed by atoms with E-state index in [4.69, 9.17) is 4.74 Å². The van der Waals surface area contributed by atoms with Gasteiger partial charge < -0.3 is 14.7 Å². The van der Waals surface area contributed by atoms with E-state index >= 15 is 0 Å². The molecule has 6 heteroatoms. The Labute approximate surface area is 124 Å². The Morgan fingerprint density at radius 2 is 2.05 bits per heavy atom. The predicted molar refractivity (Wildman–Crippen MR) is 79.6 cm³/mol. The maximum Gasteiger partial charge on any atom is 0.269 e. The number of hydrogen-bond acceptors (Lipinski definition) is 5. The first kappa shape index (κ1) is 14.5. The highest BCUT2D eigenvalue weighted by molar-refractivity contribution is 5.43. The minimum atomic E-state index is -0.446. The summed E-state index contributed by atoms with van der Waals surface area (Å²) >= 11 is 0. The van der Waals surface area contributed by atoms with E-state index in [1.54, 1.807) is 19.4 Å². The molecule has 2 aliphatic rings. The summed E-state index contributed by atoms with van der Waals surface area (Å²) in [5.41, 5.74) is 0.755. The molecule has 2 fully saturated rings. The van der Waals surface area contributed by atoms with E-state index in [-0.39, 0.29) is 11.6 Å². The smallest absolute Gasteiger partial charge is 0.269 e. The van der Waals surface area contributed by atoms with Gasteiger partial charge in [0.05, 0.1) is 30.1 Å². The zero-order chi connectivity index (χ0) is 14.8. The van der Waals surface area contributed by atoms with E-state index in [0.717, 1.165) is 50.9 Å². The maximum atomic E-state index is 12.3. The van der Waals surface area contributed by atoms with Gasteiger partial charge in [0.15, 0.2) is 0 Å². The lowest BCUT2D eigenvalue weighted by Gasteiger charge is -2.32. The molecule has 0 amide bonds. The SMILES string of the molecule is COC1CCN(c2cnn([C@H]3CCC[C@@H]3O)c(=O)c2)CC1. The van der Waals surface area contributed by atoms with Crippen LogP contribution in [0.2, 0.25) is 0 Å². The van der Waals surface area contributed by atoms with Gasteiger partial charge in [0, 0.05) is 26.3 Å². The van der Waals surface area contributed by atoms with Gasteiger partial charge in [-0.15, -0.1) is 0 Å². The van der Waals surface area contributed by atoms with Crippen LogP contribution in [-0.2, 0) is 4.74 Å². The molecule has 2 atom stereocenters. The van der Waals surface area contributed by atoms with Gasteiger partial charge in [-0.05, 0) is 32.1 Å². The van der Waals surface area contributed by atoms with Crippen molar-refractivity contribution in [3.63, 3.8) is 0 Å². The summed E-state index contributed by atoms with van der Waals surface area (Å²) in [5.74, 6) is 0. The van der Waals surface area contributed by atoms with Crippen LogP contribution in [0.25, 0.3) is 0 Å². The number of ether oxygens (including phenoxy) is 1. The summed E-state index contributed by atoms with van der Waals surface area (Å²) in [4.78, 5) is 14.5. The molecule has 1 aromatic heterocycles. The molecule has 3 rings (SSSR count). The first-order chi connectivity index (χ1) is 10.2. The van der Waals surface area contributed by atoms with Crippen molar-refractivity contribution in [2.45, 2.75) is 50.4 Å². The topological polar surface area (TPSA) is 67.6 Å². The average molecular weight is 293 g/mol. The highest BCUT2D eigenvalue weighted by atomic mass is 16.5. The Bertz CT molecular complexity index is 537. The van der Waals surface area contributed by atoms with E-state index in [9.17, 15) is 9.90 Å². The molecule has 0 bridgehead atoms. The molecule has 0 aromatic carbocycles. The minimum Gasteiger partial charge on any atom is -0.391 e. The Hall–Kier alpha value is -1.40. The minimum absolute atomic E-state index is 0.118. The zero-order valence-electron chi connectivity index (χ0n) is 12.4. The second-order valence-electron chi connectivity index (χ2n) is 5.98. The van der Waals surface area contributed by atoms with Gasteiger partial charge in [-0.3, -0.25) is 4.79 Å². The van der Waals surface area contributed by atoms with E-state index in [2.05, 4.69) is 10.00 Å². The maximum absolute atomic E-state index is 12.3. The largest absolute Gasteiger partial charge is 0.391 e. The van der Waals surface area contributed by atoms with Crippen LogP contribution in [0, 0.1) is 0 Å². The number of aliphatic hydroxyl groups excluding tert-OH is 1. The zero-order valence-corrected chi connectivity index (χ0v) is 12.4. The van der Waals surface area contributed by atoms with Gasteiger partial charge in [0.1, 0.15) is 0 Å². The van der Waals surface area contributed by atoms with Crippen molar-refractivity contribution in [2.75, 3.05) is 25.1 Å². The van der Waals surface area contributed by atoms with E-state index < -0.39 is 6.10 Å². The molecular weight excluding hydrogens is 270 g/mol. The van der Waals surface area contributed by atoms with E-state index in [1.165, 1.54) is 4.68 Å². The van der Waals surface area contributed by atoms with Gasteiger partial charge in [-0.1, -0.05) is 0 Å². The monoisotopic (exact) mass is 293 g/mol. The Morgan fingerprint density at radius 1 is 1.29 bits per heavy atom. The molecule has 0 unspecified atom stereocenters. The first-order valence-corrected chi connectivity index (χ1v) is 7.73. The number of piperidine rings is 1. The van der Waals surface area contributed by atoms with Gasteiger partial charge in [-0.2, -0.15) is 5.10 Å². The van der Waals surface area contributed by atoms with Gasteiger partial charge in [0.25, 0.3) is 5.56 Å². The van der Waals surface area contributed by atoms with Gasteiger partial charge in [-0.25, -0.2) is 4.68 Å². The van der Waals surface area contributed by atoms with Crippen LogP contribution in [0.15, 0.2) is 17.1 Å². The molecule has 1 aliphatic heterocycles. The normalized spacial score (nSPS) is 27.2. The third kappa shape index (κ3) is 2.96. The number of nitrogens with zero attached hydrogens (tertiary/aromatic N) is 3. The van der Waals surface area contributed by atoms with Crippen LogP contribution in [-0.4, -0.2) is 47.3 Å². The standard InChI is InChI=1S/C15H23N3O3/c1-21-12-5-7-17(8-6-12)11-9-15(20)18(16-10-11)13-3-2-4-14(13)19/h9-10,12-14,19H,2-8H2,1H3/t13-,14-/m0/s1. The molecule has 0 radical (unpaired) electrons. The van der Waals surface area contributed by atoms with E-state index in [1.807, 2.05) is 0 Å². The van der Waals surface area contributed by atoms with Gasteiger partial charge >= 0.3 is 0 Å². The quantitative estimate of drug-likeness (QED) is 0.898. The summed E-state index contributed by atoms with van der Waals surface area (Å²) in [6, 6.07) is 1.48. The third-order valence-corrected chi connectivity index (χ3v) is 4.71. The third-order valence-electron chi connectivity index (χ3n) is 4.71. The fourth-order valence-corrected chi connectivity index (χ4v) is 3.39. The highest BCUT2D eigenvalue weighted by Crippen LogP contribution is 2.28.